The first kappa shape index (κ1) is 17.7. The summed E-state index contributed by atoms with van der Waals surface area (Å²) in [6.45, 7) is 4.70. The fraction of sp³-hybridized carbons (Fsp3) is 1.00. The molecule has 0 radical (unpaired) electrons. The average Bonchev–Trinajstić information content (AvgIpc) is 3.03. The SMILES string of the molecule is CC(C)NCCCN(C)S(=O)(=O)NC1(C(F)(F)F)CC1. The first-order valence-electron chi connectivity index (χ1n) is 6.55. The maximum absolute atomic E-state index is 12.7. The van der Waals surface area contributed by atoms with Crippen LogP contribution in [0.3, 0.4) is 0 Å². The van der Waals surface area contributed by atoms with Crippen molar-refractivity contribution in [2.24, 2.45) is 0 Å². The third-order valence-electron chi connectivity index (χ3n) is 3.23. The molecule has 0 bridgehead atoms. The van der Waals surface area contributed by atoms with Crippen molar-refractivity contribution in [3.63, 3.8) is 0 Å². The molecular formula is C11H22F3N3O2S. The van der Waals surface area contributed by atoms with E-state index in [1.54, 1.807) is 4.72 Å². The summed E-state index contributed by atoms with van der Waals surface area (Å²) in [6, 6.07) is 0.287. The minimum absolute atomic E-state index is 0.170. The number of nitrogens with one attached hydrogen (secondary N) is 2. The quantitative estimate of drug-likeness (QED) is 0.662. The summed E-state index contributed by atoms with van der Waals surface area (Å²) in [4.78, 5) is 0. The smallest absolute Gasteiger partial charge is 0.314 e. The van der Waals surface area contributed by atoms with Crippen molar-refractivity contribution in [3.8, 4) is 0 Å². The highest BCUT2D eigenvalue weighted by molar-refractivity contribution is 7.87. The minimum atomic E-state index is -4.54. The lowest BCUT2D eigenvalue weighted by Crippen LogP contribution is -2.52. The van der Waals surface area contributed by atoms with Crippen molar-refractivity contribution in [2.75, 3.05) is 20.1 Å². The average molecular weight is 317 g/mol. The van der Waals surface area contributed by atoms with Crippen LogP contribution in [0, 0.1) is 0 Å². The summed E-state index contributed by atoms with van der Waals surface area (Å²) in [5, 5.41) is 3.12. The number of rotatable bonds is 8. The predicted octanol–water partition coefficient (Wildman–Crippen LogP) is 1.24. The molecule has 1 aliphatic rings. The third kappa shape index (κ3) is 4.57. The van der Waals surface area contributed by atoms with Crippen LogP contribution in [-0.2, 0) is 10.2 Å². The number of alkyl halides is 3. The van der Waals surface area contributed by atoms with Gasteiger partial charge in [0.25, 0.3) is 10.2 Å². The van der Waals surface area contributed by atoms with Gasteiger partial charge in [-0.1, -0.05) is 13.8 Å². The Morgan fingerprint density at radius 3 is 2.25 bits per heavy atom. The molecule has 0 unspecified atom stereocenters. The van der Waals surface area contributed by atoms with E-state index in [2.05, 4.69) is 5.32 Å². The molecule has 9 heteroatoms. The van der Waals surface area contributed by atoms with Gasteiger partial charge in [-0.25, -0.2) is 0 Å². The molecule has 2 N–H and O–H groups in total. The number of halogens is 3. The second kappa shape index (κ2) is 6.17. The third-order valence-corrected chi connectivity index (χ3v) is 4.88. The lowest BCUT2D eigenvalue weighted by molar-refractivity contribution is -0.161. The molecule has 0 saturated heterocycles. The zero-order valence-electron chi connectivity index (χ0n) is 11.9. The Morgan fingerprint density at radius 2 is 1.85 bits per heavy atom. The highest BCUT2D eigenvalue weighted by atomic mass is 32.2. The monoisotopic (exact) mass is 317 g/mol. The van der Waals surface area contributed by atoms with Gasteiger partial charge in [0.05, 0.1) is 0 Å². The van der Waals surface area contributed by atoms with E-state index in [0.717, 1.165) is 4.31 Å². The first-order chi connectivity index (χ1) is 9.00. The van der Waals surface area contributed by atoms with Crippen LogP contribution in [0.15, 0.2) is 0 Å². The Balaban J connectivity index is 2.48. The molecule has 0 heterocycles. The van der Waals surface area contributed by atoms with Crippen LogP contribution >= 0.6 is 0 Å². The molecule has 0 spiro atoms. The van der Waals surface area contributed by atoms with Gasteiger partial charge in [0.2, 0.25) is 0 Å². The summed E-state index contributed by atoms with van der Waals surface area (Å²) >= 11 is 0. The Labute approximate surface area is 118 Å². The van der Waals surface area contributed by atoms with Crippen LogP contribution in [0.25, 0.3) is 0 Å². The van der Waals surface area contributed by atoms with Crippen molar-refractivity contribution in [2.45, 2.75) is 50.9 Å². The van der Waals surface area contributed by atoms with Crippen molar-refractivity contribution >= 4 is 10.2 Å². The van der Waals surface area contributed by atoms with E-state index in [1.165, 1.54) is 7.05 Å². The molecule has 1 fully saturated rings. The van der Waals surface area contributed by atoms with Gasteiger partial charge in [0, 0.05) is 19.6 Å². The number of nitrogens with zero attached hydrogens (tertiary/aromatic N) is 1. The topological polar surface area (TPSA) is 61.4 Å². The Hall–Kier alpha value is -0.380. The minimum Gasteiger partial charge on any atom is -0.314 e. The van der Waals surface area contributed by atoms with E-state index in [1.807, 2.05) is 13.8 Å². The summed E-state index contributed by atoms with van der Waals surface area (Å²) in [5.41, 5.74) is -2.25. The Morgan fingerprint density at radius 1 is 1.30 bits per heavy atom. The maximum Gasteiger partial charge on any atom is 0.407 e. The lowest BCUT2D eigenvalue weighted by atomic mass is 10.3. The lowest BCUT2D eigenvalue weighted by Gasteiger charge is -2.24. The van der Waals surface area contributed by atoms with Crippen LogP contribution in [0.5, 0.6) is 0 Å². The summed E-state index contributed by atoms with van der Waals surface area (Å²) in [6.07, 6.45) is -4.40. The molecule has 0 amide bonds. The molecular weight excluding hydrogens is 295 g/mol. The van der Waals surface area contributed by atoms with Gasteiger partial charge < -0.3 is 5.32 Å². The molecule has 120 valence electrons. The molecule has 0 aromatic heterocycles. The van der Waals surface area contributed by atoms with Gasteiger partial charge in [-0.05, 0) is 25.8 Å². The molecule has 0 aromatic carbocycles. The normalized spacial score (nSPS) is 18.8. The first-order valence-corrected chi connectivity index (χ1v) is 7.99. The van der Waals surface area contributed by atoms with Crippen molar-refractivity contribution in [3.05, 3.63) is 0 Å². The van der Waals surface area contributed by atoms with E-state index < -0.39 is 21.9 Å². The molecule has 0 aromatic rings. The summed E-state index contributed by atoms with van der Waals surface area (Å²) < 4.78 is 64.6. The van der Waals surface area contributed by atoms with Gasteiger partial charge in [-0.3, -0.25) is 0 Å². The second-order valence-electron chi connectivity index (χ2n) is 5.47. The van der Waals surface area contributed by atoms with E-state index >= 15 is 0 Å². The molecule has 1 aliphatic carbocycles. The Bertz CT molecular complexity index is 419. The van der Waals surface area contributed by atoms with Crippen LogP contribution in [0.2, 0.25) is 0 Å². The van der Waals surface area contributed by atoms with E-state index in [4.69, 9.17) is 0 Å². The largest absolute Gasteiger partial charge is 0.407 e. The van der Waals surface area contributed by atoms with Gasteiger partial charge in [0.15, 0.2) is 0 Å². The maximum atomic E-state index is 12.7. The number of hydrogen-bond donors (Lipinski definition) is 2. The van der Waals surface area contributed by atoms with Crippen LogP contribution in [-0.4, -0.2) is 50.6 Å². The molecule has 1 rings (SSSR count). The predicted molar refractivity (Wildman–Crippen MR) is 70.5 cm³/mol. The van der Waals surface area contributed by atoms with Crippen molar-refractivity contribution < 1.29 is 21.6 Å². The molecule has 0 atom stereocenters. The molecule has 5 nitrogen and oxygen atoms in total. The molecule has 1 saturated carbocycles. The van der Waals surface area contributed by atoms with Crippen molar-refractivity contribution in [1.29, 1.82) is 0 Å². The Kier molecular flexibility index (Phi) is 5.45. The van der Waals surface area contributed by atoms with Gasteiger partial charge >= 0.3 is 6.18 Å². The summed E-state index contributed by atoms with van der Waals surface area (Å²) in [7, 11) is -2.82. The zero-order valence-corrected chi connectivity index (χ0v) is 12.7. The van der Waals surface area contributed by atoms with E-state index in [-0.39, 0.29) is 25.4 Å². The second-order valence-corrected chi connectivity index (χ2v) is 7.25. The fourth-order valence-corrected chi connectivity index (χ4v) is 3.04. The summed E-state index contributed by atoms with van der Waals surface area (Å²) in [5.74, 6) is 0. The van der Waals surface area contributed by atoms with Gasteiger partial charge in [-0.2, -0.15) is 30.6 Å². The van der Waals surface area contributed by atoms with Crippen molar-refractivity contribution in [1.82, 2.24) is 14.3 Å². The fourth-order valence-electron chi connectivity index (χ4n) is 1.71. The van der Waals surface area contributed by atoms with Crippen LogP contribution in [0.1, 0.15) is 33.1 Å². The van der Waals surface area contributed by atoms with E-state index in [0.29, 0.717) is 13.0 Å². The highest BCUT2D eigenvalue weighted by Crippen LogP contribution is 2.49. The molecule has 20 heavy (non-hydrogen) atoms. The van der Waals surface area contributed by atoms with Gasteiger partial charge in [-0.15, -0.1) is 0 Å². The van der Waals surface area contributed by atoms with E-state index in [9.17, 15) is 21.6 Å². The number of hydrogen-bond acceptors (Lipinski definition) is 3. The standard InChI is InChI=1S/C11H22F3N3O2S/c1-9(2)15-7-4-8-17(3)20(18,19)16-10(5-6-10)11(12,13)14/h9,15-16H,4-8H2,1-3H3. The van der Waals surface area contributed by atoms with Crippen LogP contribution in [0.4, 0.5) is 13.2 Å². The highest BCUT2D eigenvalue weighted by Gasteiger charge is 2.65. The molecule has 0 aliphatic heterocycles. The van der Waals surface area contributed by atoms with Gasteiger partial charge in [0.1, 0.15) is 5.54 Å². The zero-order chi connectivity index (χ0) is 15.6. The van der Waals surface area contributed by atoms with Crippen LogP contribution < -0.4 is 10.0 Å².